The van der Waals surface area contributed by atoms with Crippen molar-refractivity contribution in [3.63, 3.8) is 0 Å². The smallest absolute Gasteiger partial charge is 0.204 e. The standard InChI is InChI=1S/C25H26O3/c1-15-5-9-17(10-6-15)21-22-19(26)13-25(3,4)14-20(22)28-24(21)23(27)18-11-7-16(2)8-12-18/h5-12,21,24H,13-14H2,1-4H3/t21-,24-/m1/s1. The number of rotatable bonds is 3. The second-order valence-electron chi connectivity index (χ2n) is 8.93. The molecule has 1 aliphatic carbocycles. The van der Waals surface area contributed by atoms with Gasteiger partial charge < -0.3 is 4.74 Å². The second-order valence-corrected chi connectivity index (χ2v) is 8.93. The van der Waals surface area contributed by atoms with Gasteiger partial charge in [0, 0.05) is 24.0 Å². The van der Waals surface area contributed by atoms with Crippen molar-refractivity contribution < 1.29 is 14.3 Å². The highest BCUT2D eigenvalue weighted by Crippen LogP contribution is 2.49. The molecule has 3 heteroatoms. The largest absolute Gasteiger partial charge is 0.485 e. The van der Waals surface area contributed by atoms with Crippen LogP contribution in [0.4, 0.5) is 0 Å². The van der Waals surface area contributed by atoms with E-state index in [-0.39, 0.29) is 22.9 Å². The summed E-state index contributed by atoms with van der Waals surface area (Å²) < 4.78 is 6.22. The third-order valence-electron chi connectivity index (χ3n) is 5.79. The van der Waals surface area contributed by atoms with Gasteiger partial charge in [-0.05, 0) is 24.8 Å². The summed E-state index contributed by atoms with van der Waals surface area (Å²) in [5.41, 5.74) is 4.40. The minimum absolute atomic E-state index is 0.0643. The van der Waals surface area contributed by atoms with Crippen molar-refractivity contribution in [1.29, 1.82) is 0 Å². The van der Waals surface area contributed by atoms with Crippen molar-refractivity contribution in [2.24, 2.45) is 5.41 Å². The molecule has 0 spiro atoms. The Morgan fingerprint density at radius 2 is 1.50 bits per heavy atom. The van der Waals surface area contributed by atoms with E-state index in [1.165, 1.54) is 0 Å². The van der Waals surface area contributed by atoms with Crippen molar-refractivity contribution >= 4 is 11.6 Å². The molecule has 0 saturated heterocycles. The van der Waals surface area contributed by atoms with Gasteiger partial charge in [-0.3, -0.25) is 9.59 Å². The van der Waals surface area contributed by atoms with Crippen LogP contribution in [0.1, 0.15) is 59.7 Å². The fraction of sp³-hybridized carbons (Fsp3) is 0.360. The van der Waals surface area contributed by atoms with Crippen LogP contribution in [0.5, 0.6) is 0 Å². The molecule has 4 rings (SSSR count). The molecule has 1 aliphatic heterocycles. The van der Waals surface area contributed by atoms with E-state index in [0.29, 0.717) is 29.7 Å². The highest BCUT2D eigenvalue weighted by molar-refractivity contribution is 6.05. The van der Waals surface area contributed by atoms with Crippen LogP contribution in [0.15, 0.2) is 59.9 Å². The van der Waals surface area contributed by atoms with Crippen molar-refractivity contribution in [1.82, 2.24) is 0 Å². The van der Waals surface area contributed by atoms with Crippen LogP contribution < -0.4 is 0 Å². The molecule has 0 saturated carbocycles. The van der Waals surface area contributed by atoms with Gasteiger partial charge in [-0.1, -0.05) is 73.5 Å². The van der Waals surface area contributed by atoms with Crippen LogP contribution in [-0.4, -0.2) is 17.7 Å². The summed E-state index contributed by atoms with van der Waals surface area (Å²) >= 11 is 0. The van der Waals surface area contributed by atoms with Crippen LogP contribution in [0.3, 0.4) is 0 Å². The number of hydrogen-bond donors (Lipinski definition) is 0. The maximum atomic E-state index is 13.4. The molecular formula is C25H26O3. The molecule has 0 radical (unpaired) electrons. The lowest BCUT2D eigenvalue weighted by atomic mass is 9.72. The van der Waals surface area contributed by atoms with Crippen molar-refractivity contribution in [3.05, 3.63) is 82.1 Å². The lowest BCUT2D eigenvalue weighted by Gasteiger charge is -2.29. The normalized spacial score (nSPS) is 23.4. The van der Waals surface area contributed by atoms with E-state index < -0.39 is 6.10 Å². The summed E-state index contributed by atoms with van der Waals surface area (Å²) in [4.78, 5) is 26.4. The van der Waals surface area contributed by atoms with E-state index in [0.717, 1.165) is 16.7 Å². The van der Waals surface area contributed by atoms with Gasteiger partial charge in [0.25, 0.3) is 0 Å². The molecule has 0 fully saturated rings. The van der Waals surface area contributed by atoms with Gasteiger partial charge in [-0.2, -0.15) is 0 Å². The molecule has 2 atom stereocenters. The number of ketones is 2. The summed E-state index contributed by atoms with van der Waals surface area (Å²) in [6.07, 6.45) is 0.491. The number of carbonyl (C=O) groups excluding carboxylic acids is 2. The Kier molecular flexibility index (Phi) is 4.49. The van der Waals surface area contributed by atoms with Crippen LogP contribution in [0, 0.1) is 19.3 Å². The lowest BCUT2D eigenvalue weighted by molar-refractivity contribution is -0.118. The molecule has 2 aromatic carbocycles. The molecule has 28 heavy (non-hydrogen) atoms. The van der Waals surface area contributed by atoms with Crippen molar-refractivity contribution in [3.8, 4) is 0 Å². The molecule has 0 bridgehead atoms. The highest BCUT2D eigenvalue weighted by atomic mass is 16.5. The first kappa shape index (κ1) is 18.7. The first-order valence-electron chi connectivity index (χ1n) is 9.85. The number of ether oxygens (including phenoxy) is 1. The molecule has 144 valence electrons. The van der Waals surface area contributed by atoms with Gasteiger partial charge in [-0.15, -0.1) is 0 Å². The maximum absolute atomic E-state index is 13.4. The Hall–Kier alpha value is -2.68. The van der Waals surface area contributed by atoms with Gasteiger partial charge in [0.1, 0.15) is 5.76 Å². The monoisotopic (exact) mass is 374 g/mol. The molecule has 2 aromatic rings. The first-order valence-corrected chi connectivity index (χ1v) is 9.85. The summed E-state index contributed by atoms with van der Waals surface area (Å²) in [5, 5.41) is 0. The summed E-state index contributed by atoms with van der Waals surface area (Å²) in [5.74, 6) is 0.409. The first-order chi connectivity index (χ1) is 13.2. The molecule has 3 nitrogen and oxygen atoms in total. The van der Waals surface area contributed by atoms with Gasteiger partial charge in [-0.25, -0.2) is 0 Å². The van der Waals surface area contributed by atoms with E-state index >= 15 is 0 Å². The Morgan fingerprint density at radius 3 is 2.11 bits per heavy atom. The van der Waals surface area contributed by atoms with Gasteiger partial charge in [0.05, 0.1) is 5.92 Å². The molecule has 0 aromatic heterocycles. The average Bonchev–Trinajstić information content (AvgIpc) is 3.00. The highest BCUT2D eigenvalue weighted by Gasteiger charge is 2.48. The molecule has 0 amide bonds. The number of Topliss-reactive ketones (excluding diaryl/α,β-unsaturated/α-hetero) is 2. The summed E-state index contributed by atoms with van der Waals surface area (Å²) in [6.45, 7) is 8.18. The van der Waals surface area contributed by atoms with Crippen LogP contribution >= 0.6 is 0 Å². The SMILES string of the molecule is Cc1ccc(C(=O)[C@@H]2OC3=C(C(=O)CC(C)(C)C3)[C@H]2c2ccc(C)cc2)cc1. The van der Waals surface area contributed by atoms with Crippen molar-refractivity contribution in [2.75, 3.05) is 0 Å². The van der Waals surface area contributed by atoms with Crippen LogP contribution in [0.25, 0.3) is 0 Å². The Balaban J connectivity index is 1.78. The number of aryl methyl sites for hydroxylation is 2. The number of benzene rings is 2. The van der Waals surface area contributed by atoms with E-state index in [1.54, 1.807) is 0 Å². The minimum atomic E-state index is -0.687. The third kappa shape index (κ3) is 3.30. The van der Waals surface area contributed by atoms with E-state index in [9.17, 15) is 9.59 Å². The van der Waals surface area contributed by atoms with Gasteiger partial charge in [0.15, 0.2) is 11.9 Å². The number of hydrogen-bond acceptors (Lipinski definition) is 3. The predicted octanol–water partition coefficient (Wildman–Crippen LogP) is 5.31. The van der Waals surface area contributed by atoms with E-state index in [1.807, 2.05) is 62.4 Å². The summed E-state index contributed by atoms with van der Waals surface area (Å²) in [7, 11) is 0. The zero-order valence-electron chi connectivity index (χ0n) is 16.9. The van der Waals surface area contributed by atoms with Crippen LogP contribution in [0.2, 0.25) is 0 Å². The molecular weight excluding hydrogens is 348 g/mol. The molecule has 0 unspecified atom stereocenters. The summed E-state index contributed by atoms with van der Waals surface area (Å²) in [6, 6.07) is 15.6. The predicted molar refractivity (Wildman–Crippen MR) is 109 cm³/mol. The third-order valence-corrected chi connectivity index (χ3v) is 5.79. The van der Waals surface area contributed by atoms with Gasteiger partial charge in [0.2, 0.25) is 5.78 Å². The quantitative estimate of drug-likeness (QED) is 0.684. The van der Waals surface area contributed by atoms with E-state index in [2.05, 4.69) is 13.8 Å². The molecule has 2 aliphatic rings. The molecule has 0 N–H and O–H groups in total. The Morgan fingerprint density at radius 1 is 0.929 bits per heavy atom. The number of carbonyl (C=O) groups is 2. The lowest BCUT2D eigenvalue weighted by Crippen LogP contribution is -2.29. The zero-order valence-corrected chi connectivity index (χ0v) is 16.9. The fourth-order valence-corrected chi connectivity index (χ4v) is 4.30. The van der Waals surface area contributed by atoms with E-state index in [4.69, 9.17) is 4.74 Å². The van der Waals surface area contributed by atoms with Crippen LogP contribution in [-0.2, 0) is 9.53 Å². The minimum Gasteiger partial charge on any atom is -0.485 e. The Bertz CT molecular complexity index is 962. The average molecular weight is 374 g/mol. The topological polar surface area (TPSA) is 43.4 Å². The maximum Gasteiger partial charge on any atom is 0.204 e. The fourth-order valence-electron chi connectivity index (χ4n) is 4.30. The van der Waals surface area contributed by atoms with Gasteiger partial charge >= 0.3 is 0 Å². The number of allylic oxidation sites excluding steroid dienone is 1. The zero-order chi connectivity index (χ0) is 20.1. The second kappa shape index (κ2) is 6.73. The van der Waals surface area contributed by atoms with Crippen molar-refractivity contribution in [2.45, 2.75) is 52.6 Å². The molecule has 1 heterocycles. The Labute approximate surface area is 166 Å².